The van der Waals surface area contributed by atoms with E-state index in [-0.39, 0.29) is 5.82 Å². The molecular formula is C7H12N4O. The number of carbonyl (C=O) groups is 1. The molecule has 1 aromatic heterocycles. The molecule has 0 fully saturated rings. The van der Waals surface area contributed by atoms with E-state index in [0.717, 1.165) is 25.1 Å². The van der Waals surface area contributed by atoms with Crippen LogP contribution in [0.3, 0.4) is 0 Å². The summed E-state index contributed by atoms with van der Waals surface area (Å²) in [6, 6.07) is 0. The number of amides is 1. The molecular weight excluding hydrogens is 156 g/mol. The lowest BCUT2D eigenvalue weighted by Crippen LogP contribution is -2.12. The van der Waals surface area contributed by atoms with Crippen LogP contribution in [0.1, 0.15) is 36.2 Å². The lowest BCUT2D eigenvalue weighted by Gasteiger charge is -1.89. The summed E-state index contributed by atoms with van der Waals surface area (Å²) in [6.45, 7) is 2.09. The number of hydrogen-bond acceptors (Lipinski definition) is 3. The van der Waals surface area contributed by atoms with Crippen LogP contribution in [-0.2, 0) is 6.42 Å². The van der Waals surface area contributed by atoms with Crippen LogP contribution in [0.5, 0.6) is 0 Å². The third-order valence-corrected chi connectivity index (χ3v) is 1.52. The molecule has 5 nitrogen and oxygen atoms in total. The number of H-pyrrole nitrogens is 1. The fraction of sp³-hybridized carbons (Fsp3) is 0.571. The number of unbranched alkanes of at least 4 members (excludes halogenated alkanes) is 1. The Hall–Kier alpha value is -1.39. The maximum absolute atomic E-state index is 10.6. The van der Waals surface area contributed by atoms with Gasteiger partial charge in [-0.05, 0) is 6.42 Å². The summed E-state index contributed by atoms with van der Waals surface area (Å²) in [5.41, 5.74) is 4.97. The molecule has 1 aromatic rings. The molecule has 5 heteroatoms. The minimum absolute atomic E-state index is 0.0705. The van der Waals surface area contributed by atoms with Crippen LogP contribution in [0.4, 0.5) is 0 Å². The maximum Gasteiger partial charge on any atom is 0.288 e. The topological polar surface area (TPSA) is 84.7 Å². The Morgan fingerprint density at radius 2 is 2.42 bits per heavy atom. The van der Waals surface area contributed by atoms with E-state index < -0.39 is 5.91 Å². The summed E-state index contributed by atoms with van der Waals surface area (Å²) in [5, 5.41) is 6.32. The van der Waals surface area contributed by atoms with Gasteiger partial charge in [-0.1, -0.05) is 13.3 Å². The molecule has 1 heterocycles. The van der Waals surface area contributed by atoms with Crippen LogP contribution < -0.4 is 5.73 Å². The number of aryl methyl sites for hydroxylation is 1. The normalized spacial score (nSPS) is 10.1. The van der Waals surface area contributed by atoms with Gasteiger partial charge in [-0.2, -0.15) is 0 Å². The minimum Gasteiger partial charge on any atom is -0.363 e. The summed E-state index contributed by atoms with van der Waals surface area (Å²) >= 11 is 0. The third kappa shape index (κ3) is 2.05. The lowest BCUT2D eigenvalue weighted by molar-refractivity contribution is 0.0991. The van der Waals surface area contributed by atoms with Gasteiger partial charge in [-0.15, -0.1) is 5.10 Å². The Balaban J connectivity index is 2.58. The number of aromatic amines is 1. The van der Waals surface area contributed by atoms with Gasteiger partial charge in [-0.3, -0.25) is 9.89 Å². The van der Waals surface area contributed by atoms with Gasteiger partial charge in [0, 0.05) is 6.42 Å². The summed E-state index contributed by atoms with van der Waals surface area (Å²) < 4.78 is 0. The maximum atomic E-state index is 10.6. The van der Waals surface area contributed by atoms with E-state index in [1.807, 2.05) is 0 Å². The molecule has 0 saturated carbocycles. The predicted molar refractivity (Wildman–Crippen MR) is 43.5 cm³/mol. The van der Waals surface area contributed by atoms with Crippen LogP contribution in [-0.4, -0.2) is 21.1 Å². The van der Waals surface area contributed by atoms with E-state index in [0.29, 0.717) is 0 Å². The highest BCUT2D eigenvalue weighted by Crippen LogP contribution is 1.98. The molecule has 1 rings (SSSR count). The second-order valence-electron chi connectivity index (χ2n) is 2.57. The molecule has 0 bridgehead atoms. The van der Waals surface area contributed by atoms with Crippen molar-refractivity contribution in [2.75, 3.05) is 0 Å². The average molecular weight is 168 g/mol. The van der Waals surface area contributed by atoms with Gasteiger partial charge in [-0.25, -0.2) is 4.98 Å². The Morgan fingerprint density at radius 3 is 2.92 bits per heavy atom. The largest absolute Gasteiger partial charge is 0.363 e. The van der Waals surface area contributed by atoms with E-state index in [9.17, 15) is 4.79 Å². The zero-order valence-corrected chi connectivity index (χ0v) is 7.00. The minimum atomic E-state index is -0.589. The Kier molecular flexibility index (Phi) is 2.79. The second kappa shape index (κ2) is 3.85. The van der Waals surface area contributed by atoms with Crippen molar-refractivity contribution in [2.45, 2.75) is 26.2 Å². The number of aromatic nitrogens is 3. The van der Waals surface area contributed by atoms with E-state index in [1.165, 1.54) is 0 Å². The molecule has 12 heavy (non-hydrogen) atoms. The molecule has 1 amide bonds. The standard InChI is InChI=1S/C7H12N4O/c1-2-3-4-5-9-7(6(8)12)11-10-5/h2-4H2,1H3,(H2,8,12)(H,9,10,11). The average Bonchev–Trinajstić information content (AvgIpc) is 2.48. The van der Waals surface area contributed by atoms with E-state index >= 15 is 0 Å². The Labute approximate surface area is 70.4 Å². The van der Waals surface area contributed by atoms with Gasteiger partial charge < -0.3 is 5.73 Å². The van der Waals surface area contributed by atoms with Crippen molar-refractivity contribution >= 4 is 5.91 Å². The number of carbonyl (C=O) groups excluding carboxylic acids is 1. The summed E-state index contributed by atoms with van der Waals surface area (Å²) in [6.07, 6.45) is 2.94. The number of nitrogens with two attached hydrogens (primary N) is 1. The molecule has 66 valence electrons. The number of hydrogen-bond donors (Lipinski definition) is 2. The van der Waals surface area contributed by atoms with Crippen LogP contribution >= 0.6 is 0 Å². The van der Waals surface area contributed by atoms with Gasteiger partial charge in [0.2, 0.25) is 5.82 Å². The number of rotatable bonds is 4. The zero-order valence-electron chi connectivity index (χ0n) is 7.00. The molecule has 0 spiro atoms. The molecule has 3 N–H and O–H groups in total. The van der Waals surface area contributed by atoms with Crippen molar-refractivity contribution < 1.29 is 4.79 Å². The third-order valence-electron chi connectivity index (χ3n) is 1.52. The quantitative estimate of drug-likeness (QED) is 0.675. The molecule has 0 aliphatic carbocycles. The Bertz CT molecular complexity index is 268. The molecule has 0 unspecified atom stereocenters. The van der Waals surface area contributed by atoms with Crippen molar-refractivity contribution in [3.05, 3.63) is 11.6 Å². The lowest BCUT2D eigenvalue weighted by atomic mass is 10.2. The fourth-order valence-corrected chi connectivity index (χ4v) is 0.862. The van der Waals surface area contributed by atoms with Crippen LogP contribution in [0.2, 0.25) is 0 Å². The zero-order chi connectivity index (χ0) is 8.97. The van der Waals surface area contributed by atoms with E-state index in [1.54, 1.807) is 0 Å². The van der Waals surface area contributed by atoms with Crippen molar-refractivity contribution in [1.82, 2.24) is 15.2 Å². The fourth-order valence-electron chi connectivity index (χ4n) is 0.862. The molecule has 0 radical (unpaired) electrons. The highest BCUT2D eigenvalue weighted by atomic mass is 16.1. The van der Waals surface area contributed by atoms with E-state index in [2.05, 4.69) is 22.1 Å². The number of primary amides is 1. The van der Waals surface area contributed by atoms with Crippen LogP contribution in [0.15, 0.2) is 0 Å². The smallest absolute Gasteiger partial charge is 0.288 e. The van der Waals surface area contributed by atoms with Crippen molar-refractivity contribution in [2.24, 2.45) is 5.73 Å². The van der Waals surface area contributed by atoms with Crippen molar-refractivity contribution in [3.63, 3.8) is 0 Å². The summed E-state index contributed by atoms with van der Waals surface area (Å²) in [4.78, 5) is 14.5. The first-order valence-electron chi connectivity index (χ1n) is 3.95. The van der Waals surface area contributed by atoms with E-state index in [4.69, 9.17) is 5.73 Å². The molecule has 0 atom stereocenters. The van der Waals surface area contributed by atoms with Crippen LogP contribution in [0, 0.1) is 0 Å². The van der Waals surface area contributed by atoms with Gasteiger partial charge in [0.15, 0.2) is 0 Å². The van der Waals surface area contributed by atoms with Gasteiger partial charge in [0.05, 0.1) is 0 Å². The van der Waals surface area contributed by atoms with Gasteiger partial charge in [0.25, 0.3) is 5.91 Å². The first kappa shape index (κ1) is 8.70. The highest BCUT2D eigenvalue weighted by Gasteiger charge is 2.06. The number of nitrogens with one attached hydrogen (secondary N) is 1. The predicted octanol–water partition coefficient (Wildman–Crippen LogP) is 0.246. The van der Waals surface area contributed by atoms with Gasteiger partial charge >= 0.3 is 0 Å². The van der Waals surface area contributed by atoms with Crippen molar-refractivity contribution in [3.8, 4) is 0 Å². The SMILES string of the molecule is CCCCc1nc(C(N)=O)n[nH]1. The highest BCUT2D eigenvalue weighted by molar-refractivity contribution is 5.88. The molecule has 0 aromatic carbocycles. The monoisotopic (exact) mass is 168 g/mol. The summed E-state index contributed by atoms with van der Waals surface area (Å²) in [7, 11) is 0. The summed E-state index contributed by atoms with van der Waals surface area (Å²) in [5.74, 6) is 0.209. The second-order valence-corrected chi connectivity index (χ2v) is 2.57. The van der Waals surface area contributed by atoms with Gasteiger partial charge in [0.1, 0.15) is 5.82 Å². The first-order chi connectivity index (χ1) is 5.74. The van der Waals surface area contributed by atoms with Crippen molar-refractivity contribution in [1.29, 1.82) is 0 Å². The first-order valence-corrected chi connectivity index (χ1v) is 3.95. The Morgan fingerprint density at radius 1 is 1.67 bits per heavy atom. The molecule has 0 aliphatic rings. The molecule has 0 saturated heterocycles. The van der Waals surface area contributed by atoms with Crippen LogP contribution in [0.25, 0.3) is 0 Å². The number of nitrogens with zero attached hydrogens (tertiary/aromatic N) is 2. The molecule has 0 aliphatic heterocycles.